The van der Waals surface area contributed by atoms with Gasteiger partial charge in [-0.3, -0.25) is 4.79 Å². The lowest BCUT2D eigenvalue weighted by atomic mass is 9.80. The Balaban J connectivity index is 2.16. The molecule has 0 saturated heterocycles. The Morgan fingerprint density at radius 1 is 1.40 bits per heavy atom. The monoisotopic (exact) mass is 274 g/mol. The smallest absolute Gasteiger partial charge is 0.224 e. The Hall–Kier alpha value is -1.35. The molecule has 3 N–H and O–H groups in total. The second kappa shape index (κ2) is 5.57. The molecule has 0 bridgehead atoms. The minimum Gasteiger partial charge on any atom is -0.345 e. The summed E-state index contributed by atoms with van der Waals surface area (Å²) in [5.41, 5.74) is 6.61. The van der Waals surface area contributed by atoms with E-state index in [2.05, 4.69) is 19.2 Å². The van der Waals surface area contributed by atoms with E-state index in [-0.39, 0.29) is 17.2 Å². The van der Waals surface area contributed by atoms with Crippen LogP contribution >= 0.6 is 0 Å². The fourth-order valence-corrected chi connectivity index (χ4v) is 3.22. The van der Waals surface area contributed by atoms with Crippen LogP contribution in [0.1, 0.15) is 45.6 Å². The van der Waals surface area contributed by atoms with Crippen molar-refractivity contribution >= 4 is 5.91 Å². The first-order valence-electron chi connectivity index (χ1n) is 7.47. The van der Waals surface area contributed by atoms with Crippen LogP contribution in [-0.4, -0.2) is 12.5 Å². The van der Waals surface area contributed by atoms with E-state index in [9.17, 15) is 4.79 Å². The SMILES string of the molecule is CC(CN)(NC(=O)C1CCCC1(C)C)c1ccccc1. The number of benzene rings is 1. The van der Waals surface area contributed by atoms with Crippen molar-refractivity contribution in [1.29, 1.82) is 0 Å². The molecule has 1 fully saturated rings. The van der Waals surface area contributed by atoms with E-state index in [1.54, 1.807) is 0 Å². The van der Waals surface area contributed by atoms with Gasteiger partial charge in [-0.1, -0.05) is 50.6 Å². The van der Waals surface area contributed by atoms with Gasteiger partial charge in [0.1, 0.15) is 0 Å². The highest BCUT2D eigenvalue weighted by atomic mass is 16.2. The highest BCUT2D eigenvalue weighted by Crippen LogP contribution is 2.43. The summed E-state index contributed by atoms with van der Waals surface area (Å²) in [5, 5.41) is 3.19. The molecule has 1 aromatic rings. The van der Waals surface area contributed by atoms with Crippen molar-refractivity contribution in [3.63, 3.8) is 0 Å². The van der Waals surface area contributed by atoms with Crippen LogP contribution in [0.25, 0.3) is 0 Å². The van der Waals surface area contributed by atoms with Gasteiger partial charge in [0.05, 0.1) is 5.54 Å². The van der Waals surface area contributed by atoms with Crippen molar-refractivity contribution < 1.29 is 4.79 Å². The lowest BCUT2D eigenvalue weighted by Crippen LogP contribution is -2.51. The molecule has 2 unspecified atom stereocenters. The van der Waals surface area contributed by atoms with Crippen molar-refractivity contribution in [3.8, 4) is 0 Å². The van der Waals surface area contributed by atoms with Gasteiger partial charge in [0, 0.05) is 12.5 Å². The van der Waals surface area contributed by atoms with Crippen LogP contribution in [-0.2, 0) is 10.3 Å². The molecule has 0 radical (unpaired) electrons. The summed E-state index contributed by atoms with van der Waals surface area (Å²) < 4.78 is 0. The maximum Gasteiger partial charge on any atom is 0.224 e. The van der Waals surface area contributed by atoms with E-state index in [1.165, 1.54) is 0 Å². The lowest BCUT2D eigenvalue weighted by Gasteiger charge is -2.34. The fourth-order valence-electron chi connectivity index (χ4n) is 3.22. The second-order valence-corrected chi connectivity index (χ2v) is 6.82. The maximum absolute atomic E-state index is 12.6. The molecule has 2 rings (SSSR count). The van der Waals surface area contributed by atoms with Crippen LogP contribution in [0.15, 0.2) is 30.3 Å². The summed E-state index contributed by atoms with van der Waals surface area (Å²) >= 11 is 0. The molecule has 3 heteroatoms. The van der Waals surface area contributed by atoms with Gasteiger partial charge in [-0.05, 0) is 30.7 Å². The molecule has 1 saturated carbocycles. The van der Waals surface area contributed by atoms with E-state index in [0.717, 1.165) is 24.8 Å². The van der Waals surface area contributed by atoms with Crippen LogP contribution in [0.3, 0.4) is 0 Å². The van der Waals surface area contributed by atoms with Crippen molar-refractivity contribution in [3.05, 3.63) is 35.9 Å². The van der Waals surface area contributed by atoms with Crippen LogP contribution in [0, 0.1) is 11.3 Å². The standard InChI is InChI=1S/C17H26N2O/c1-16(2)11-7-10-14(16)15(20)19-17(3,12-18)13-8-5-4-6-9-13/h4-6,8-9,14H,7,10-12,18H2,1-3H3,(H,19,20). The number of carbonyl (C=O) groups is 1. The quantitative estimate of drug-likeness (QED) is 0.887. The number of carbonyl (C=O) groups excluding carboxylic acids is 1. The van der Waals surface area contributed by atoms with Gasteiger partial charge >= 0.3 is 0 Å². The van der Waals surface area contributed by atoms with Gasteiger partial charge in [0.25, 0.3) is 0 Å². The van der Waals surface area contributed by atoms with E-state index >= 15 is 0 Å². The third-order valence-corrected chi connectivity index (χ3v) is 4.79. The fraction of sp³-hybridized carbons (Fsp3) is 0.588. The summed E-state index contributed by atoms with van der Waals surface area (Å²) in [4.78, 5) is 12.6. The van der Waals surface area contributed by atoms with Crippen molar-refractivity contribution in [2.45, 2.75) is 45.6 Å². The topological polar surface area (TPSA) is 55.1 Å². The van der Waals surface area contributed by atoms with E-state index in [0.29, 0.717) is 6.54 Å². The Bertz CT molecular complexity index is 469. The molecule has 1 aromatic carbocycles. The van der Waals surface area contributed by atoms with E-state index in [4.69, 9.17) is 5.73 Å². The molecule has 1 aliphatic rings. The van der Waals surface area contributed by atoms with Gasteiger partial charge in [-0.2, -0.15) is 0 Å². The van der Waals surface area contributed by atoms with Crippen molar-refractivity contribution in [2.24, 2.45) is 17.1 Å². The number of amides is 1. The lowest BCUT2D eigenvalue weighted by molar-refractivity contribution is -0.129. The minimum absolute atomic E-state index is 0.0935. The largest absolute Gasteiger partial charge is 0.345 e. The van der Waals surface area contributed by atoms with Gasteiger partial charge in [0.15, 0.2) is 0 Å². The van der Waals surface area contributed by atoms with Gasteiger partial charge < -0.3 is 11.1 Å². The first kappa shape index (κ1) is 15.0. The highest BCUT2D eigenvalue weighted by molar-refractivity contribution is 5.80. The van der Waals surface area contributed by atoms with Gasteiger partial charge in [-0.15, -0.1) is 0 Å². The van der Waals surface area contributed by atoms with Crippen LogP contribution < -0.4 is 11.1 Å². The number of nitrogens with two attached hydrogens (primary N) is 1. The van der Waals surface area contributed by atoms with Crippen molar-refractivity contribution in [2.75, 3.05) is 6.54 Å². The number of hydrogen-bond acceptors (Lipinski definition) is 2. The summed E-state index contributed by atoms with van der Waals surface area (Å²) in [6.07, 6.45) is 3.24. The first-order chi connectivity index (χ1) is 9.39. The van der Waals surface area contributed by atoms with Crippen LogP contribution in [0.2, 0.25) is 0 Å². The Kier molecular flexibility index (Phi) is 4.19. The molecule has 20 heavy (non-hydrogen) atoms. The molecule has 110 valence electrons. The maximum atomic E-state index is 12.6. The molecule has 0 aliphatic heterocycles. The first-order valence-corrected chi connectivity index (χ1v) is 7.47. The number of nitrogens with one attached hydrogen (secondary N) is 1. The molecule has 2 atom stereocenters. The summed E-state index contributed by atoms with van der Waals surface area (Å²) in [7, 11) is 0. The van der Waals surface area contributed by atoms with E-state index in [1.807, 2.05) is 37.3 Å². The molecule has 1 amide bonds. The highest BCUT2D eigenvalue weighted by Gasteiger charge is 2.41. The Morgan fingerprint density at radius 2 is 2.05 bits per heavy atom. The molecule has 3 nitrogen and oxygen atoms in total. The van der Waals surface area contributed by atoms with Crippen molar-refractivity contribution in [1.82, 2.24) is 5.32 Å². The summed E-state index contributed by atoms with van der Waals surface area (Å²) in [5.74, 6) is 0.237. The average molecular weight is 274 g/mol. The normalized spacial score (nSPS) is 24.1. The summed E-state index contributed by atoms with van der Waals surface area (Å²) in [6, 6.07) is 9.98. The zero-order chi connectivity index (χ0) is 14.8. The number of hydrogen-bond donors (Lipinski definition) is 2. The number of rotatable bonds is 4. The zero-order valence-corrected chi connectivity index (χ0v) is 12.8. The molecule has 0 aromatic heterocycles. The Labute approximate surface area is 121 Å². The third kappa shape index (κ3) is 2.88. The van der Waals surface area contributed by atoms with E-state index < -0.39 is 5.54 Å². The zero-order valence-electron chi connectivity index (χ0n) is 12.8. The molecule has 0 heterocycles. The third-order valence-electron chi connectivity index (χ3n) is 4.79. The molecule has 1 aliphatic carbocycles. The summed E-state index contributed by atoms with van der Waals surface area (Å²) in [6.45, 7) is 6.77. The average Bonchev–Trinajstić information content (AvgIpc) is 2.79. The molecular weight excluding hydrogens is 248 g/mol. The predicted molar refractivity (Wildman–Crippen MR) is 82.1 cm³/mol. The molecular formula is C17H26N2O. The van der Waals surface area contributed by atoms with Gasteiger partial charge in [-0.25, -0.2) is 0 Å². The minimum atomic E-state index is -0.489. The predicted octanol–water partition coefficient (Wildman–Crippen LogP) is 2.80. The van der Waals surface area contributed by atoms with Gasteiger partial charge in [0.2, 0.25) is 5.91 Å². The van der Waals surface area contributed by atoms with Crippen LogP contribution in [0.5, 0.6) is 0 Å². The molecule has 0 spiro atoms. The Morgan fingerprint density at radius 3 is 2.55 bits per heavy atom. The van der Waals surface area contributed by atoms with Crippen LogP contribution in [0.4, 0.5) is 0 Å². The second-order valence-electron chi connectivity index (χ2n) is 6.82.